The number of piperazine rings is 1. The van der Waals surface area contributed by atoms with Gasteiger partial charge in [0.1, 0.15) is 0 Å². The van der Waals surface area contributed by atoms with E-state index < -0.39 is 0 Å². The molecule has 0 aromatic carbocycles. The van der Waals surface area contributed by atoms with Crippen molar-refractivity contribution in [3.8, 4) is 0 Å². The molecule has 7 nitrogen and oxygen atoms in total. The lowest BCUT2D eigenvalue weighted by Gasteiger charge is -2.36. The molecule has 0 aromatic rings. The number of guanidine groups is 1. The highest BCUT2D eigenvalue weighted by atomic mass is 127. The van der Waals surface area contributed by atoms with Crippen LogP contribution < -0.4 is 5.32 Å². The van der Waals surface area contributed by atoms with Gasteiger partial charge < -0.3 is 19.9 Å². The minimum absolute atomic E-state index is 0. The summed E-state index contributed by atoms with van der Waals surface area (Å²) in [5.41, 5.74) is 0. The Kier molecular flexibility index (Phi) is 12.3. The van der Waals surface area contributed by atoms with Crippen molar-refractivity contribution in [2.75, 3.05) is 66.0 Å². The number of nitrogens with zero attached hydrogens (tertiary/aromatic N) is 4. The molecule has 1 atom stereocenters. The van der Waals surface area contributed by atoms with Crippen molar-refractivity contribution in [2.45, 2.75) is 46.1 Å². The van der Waals surface area contributed by atoms with Crippen LogP contribution in [0.15, 0.2) is 4.99 Å². The third-order valence-electron chi connectivity index (χ3n) is 5.54. The number of rotatable bonds is 8. The van der Waals surface area contributed by atoms with E-state index in [0.717, 1.165) is 77.6 Å². The van der Waals surface area contributed by atoms with E-state index in [9.17, 15) is 4.79 Å². The molecule has 2 saturated heterocycles. The third-order valence-corrected chi connectivity index (χ3v) is 5.54. The van der Waals surface area contributed by atoms with Gasteiger partial charge in [-0.05, 0) is 32.1 Å². The predicted molar refractivity (Wildman–Crippen MR) is 125 cm³/mol. The van der Waals surface area contributed by atoms with Crippen molar-refractivity contribution in [3.05, 3.63) is 0 Å². The molecule has 0 aliphatic carbocycles. The number of halogens is 1. The van der Waals surface area contributed by atoms with Crippen LogP contribution in [0.3, 0.4) is 0 Å². The SMILES string of the molecule is CCOC(CCNC(=NC)N1CCN(CC(=O)N2CCCC2)CC1)C(C)C.I. The highest BCUT2D eigenvalue weighted by Crippen LogP contribution is 2.11. The van der Waals surface area contributed by atoms with Gasteiger partial charge >= 0.3 is 0 Å². The Balaban J connectivity index is 0.00000392. The van der Waals surface area contributed by atoms with E-state index in [1.807, 2.05) is 11.9 Å². The molecular formula is C20H40IN5O2. The molecule has 164 valence electrons. The molecular weight excluding hydrogens is 469 g/mol. The maximum atomic E-state index is 12.3. The van der Waals surface area contributed by atoms with Crippen LogP contribution in [0.1, 0.15) is 40.0 Å². The number of hydrogen-bond acceptors (Lipinski definition) is 4. The Hall–Kier alpha value is -0.610. The third kappa shape index (κ3) is 8.02. The van der Waals surface area contributed by atoms with Crippen LogP contribution >= 0.6 is 24.0 Å². The molecule has 1 N–H and O–H groups in total. The van der Waals surface area contributed by atoms with E-state index in [2.05, 4.69) is 40.9 Å². The molecule has 2 fully saturated rings. The first-order valence-electron chi connectivity index (χ1n) is 10.6. The number of carbonyl (C=O) groups is 1. The molecule has 2 aliphatic heterocycles. The van der Waals surface area contributed by atoms with Crippen LogP contribution in [0.2, 0.25) is 0 Å². The molecule has 28 heavy (non-hydrogen) atoms. The molecule has 0 radical (unpaired) electrons. The predicted octanol–water partition coefficient (Wildman–Crippen LogP) is 1.87. The highest BCUT2D eigenvalue weighted by molar-refractivity contribution is 14.0. The summed E-state index contributed by atoms with van der Waals surface area (Å²) in [5.74, 6) is 1.77. The molecule has 8 heteroatoms. The van der Waals surface area contributed by atoms with Crippen molar-refractivity contribution in [3.63, 3.8) is 0 Å². The Morgan fingerprint density at radius 1 is 1.07 bits per heavy atom. The number of carbonyl (C=O) groups excluding carboxylic acids is 1. The number of aliphatic imine (C=N–C) groups is 1. The highest BCUT2D eigenvalue weighted by Gasteiger charge is 2.24. The average molecular weight is 509 g/mol. The lowest BCUT2D eigenvalue weighted by molar-refractivity contribution is -0.131. The Labute approximate surface area is 188 Å². The van der Waals surface area contributed by atoms with Gasteiger partial charge in [-0.1, -0.05) is 13.8 Å². The number of amides is 1. The van der Waals surface area contributed by atoms with Crippen molar-refractivity contribution >= 4 is 35.8 Å². The van der Waals surface area contributed by atoms with Gasteiger partial charge in [-0.2, -0.15) is 0 Å². The van der Waals surface area contributed by atoms with Gasteiger partial charge in [0.25, 0.3) is 0 Å². The fraction of sp³-hybridized carbons (Fsp3) is 0.900. The zero-order valence-corrected chi connectivity index (χ0v) is 20.5. The van der Waals surface area contributed by atoms with E-state index in [0.29, 0.717) is 18.4 Å². The largest absolute Gasteiger partial charge is 0.378 e. The maximum absolute atomic E-state index is 12.3. The second kappa shape index (κ2) is 13.6. The summed E-state index contributed by atoms with van der Waals surface area (Å²) in [4.78, 5) is 23.3. The number of ether oxygens (including phenoxy) is 1. The summed E-state index contributed by atoms with van der Waals surface area (Å²) in [6, 6.07) is 0. The van der Waals surface area contributed by atoms with Gasteiger partial charge in [0, 0.05) is 59.5 Å². The standard InChI is InChI=1S/C20H39N5O2.HI/c1-5-27-18(17(2)3)8-9-22-20(21-4)25-14-12-23(13-15-25)16-19(26)24-10-6-7-11-24;/h17-18H,5-16H2,1-4H3,(H,21,22);1H. The first-order valence-corrected chi connectivity index (χ1v) is 10.6. The average Bonchev–Trinajstić information content (AvgIpc) is 3.20. The first kappa shape index (κ1) is 25.4. The first-order chi connectivity index (χ1) is 13.0. The number of nitrogens with one attached hydrogen (secondary N) is 1. The van der Waals surface area contributed by atoms with Crippen molar-refractivity contribution < 1.29 is 9.53 Å². The summed E-state index contributed by atoms with van der Waals surface area (Å²) in [5, 5.41) is 3.49. The van der Waals surface area contributed by atoms with E-state index >= 15 is 0 Å². The van der Waals surface area contributed by atoms with Gasteiger partial charge in [0.05, 0.1) is 12.6 Å². The summed E-state index contributed by atoms with van der Waals surface area (Å²) in [6.45, 7) is 14.2. The van der Waals surface area contributed by atoms with E-state index in [1.165, 1.54) is 0 Å². The topological polar surface area (TPSA) is 60.4 Å². The molecule has 2 rings (SSSR count). The van der Waals surface area contributed by atoms with Crippen LogP contribution in [0.25, 0.3) is 0 Å². The quantitative estimate of drug-likeness (QED) is 0.308. The van der Waals surface area contributed by atoms with Crippen molar-refractivity contribution in [1.82, 2.24) is 20.0 Å². The second-order valence-electron chi connectivity index (χ2n) is 7.85. The van der Waals surface area contributed by atoms with Gasteiger partial charge in [0.15, 0.2) is 5.96 Å². The van der Waals surface area contributed by atoms with E-state index in [1.54, 1.807) is 0 Å². The number of likely N-dealkylation sites (tertiary alicyclic amines) is 1. The minimum Gasteiger partial charge on any atom is -0.378 e. The van der Waals surface area contributed by atoms with Gasteiger partial charge in [-0.3, -0.25) is 14.7 Å². The Bertz CT molecular complexity index is 475. The summed E-state index contributed by atoms with van der Waals surface area (Å²) >= 11 is 0. The second-order valence-corrected chi connectivity index (χ2v) is 7.85. The van der Waals surface area contributed by atoms with Crippen LogP contribution in [0, 0.1) is 5.92 Å². The molecule has 0 aromatic heterocycles. The molecule has 0 spiro atoms. The Morgan fingerprint density at radius 3 is 2.25 bits per heavy atom. The summed E-state index contributed by atoms with van der Waals surface area (Å²) in [6.07, 6.45) is 3.58. The molecule has 1 amide bonds. The van der Waals surface area contributed by atoms with E-state index in [4.69, 9.17) is 4.74 Å². The van der Waals surface area contributed by atoms with Crippen LogP contribution in [0.4, 0.5) is 0 Å². The lowest BCUT2D eigenvalue weighted by Crippen LogP contribution is -2.54. The molecule has 1 unspecified atom stereocenters. The summed E-state index contributed by atoms with van der Waals surface area (Å²) in [7, 11) is 1.84. The van der Waals surface area contributed by atoms with Gasteiger partial charge in [-0.25, -0.2) is 0 Å². The summed E-state index contributed by atoms with van der Waals surface area (Å²) < 4.78 is 5.82. The zero-order valence-electron chi connectivity index (χ0n) is 18.2. The molecule has 0 bridgehead atoms. The maximum Gasteiger partial charge on any atom is 0.236 e. The van der Waals surface area contributed by atoms with Crippen LogP contribution in [-0.2, 0) is 9.53 Å². The van der Waals surface area contributed by atoms with E-state index in [-0.39, 0.29) is 30.1 Å². The van der Waals surface area contributed by atoms with Crippen molar-refractivity contribution in [2.24, 2.45) is 10.9 Å². The fourth-order valence-corrected chi connectivity index (χ4v) is 3.86. The molecule has 2 heterocycles. The molecule has 2 aliphatic rings. The van der Waals surface area contributed by atoms with Crippen LogP contribution in [0.5, 0.6) is 0 Å². The van der Waals surface area contributed by atoms with Crippen molar-refractivity contribution in [1.29, 1.82) is 0 Å². The van der Waals surface area contributed by atoms with Gasteiger partial charge in [-0.15, -0.1) is 24.0 Å². The number of hydrogen-bond donors (Lipinski definition) is 1. The fourth-order valence-electron chi connectivity index (χ4n) is 3.86. The molecule has 0 saturated carbocycles. The smallest absolute Gasteiger partial charge is 0.236 e. The Morgan fingerprint density at radius 2 is 1.71 bits per heavy atom. The van der Waals surface area contributed by atoms with Gasteiger partial charge in [0.2, 0.25) is 5.91 Å². The minimum atomic E-state index is 0. The normalized spacial score (nSPS) is 19.7. The zero-order chi connectivity index (χ0) is 19.6. The lowest BCUT2D eigenvalue weighted by atomic mass is 10.0. The van der Waals surface area contributed by atoms with Crippen LogP contribution in [-0.4, -0.2) is 98.7 Å². The monoisotopic (exact) mass is 509 g/mol.